The highest BCUT2D eigenvalue weighted by molar-refractivity contribution is 5.87. The summed E-state index contributed by atoms with van der Waals surface area (Å²) in [6, 6.07) is 0.778. The fourth-order valence-electron chi connectivity index (χ4n) is 2.55. The first-order valence-electron chi connectivity index (χ1n) is 7.71. The molecule has 0 spiro atoms. The van der Waals surface area contributed by atoms with Crippen LogP contribution in [0.1, 0.15) is 44.1 Å². The molecule has 1 aromatic heterocycles. The van der Waals surface area contributed by atoms with Crippen molar-refractivity contribution in [1.29, 1.82) is 0 Å². The minimum Gasteiger partial charge on any atom is -0.461 e. The first kappa shape index (κ1) is 15.8. The highest BCUT2D eigenvalue weighted by Gasteiger charge is 2.24. The van der Waals surface area contributed by atoms with Crippen LogP contribution < -0.4 is 10.2 Å². The van der Waals surface area contributed by atoms with E-state index >= 15 is 0 Å². The highest BCUT2D eigenvalue weighted by atomic mass is 16.5. The van der Waals surface area contributed by atoms with Gasteiger partial charge in [-0.2, -0.15) is 4.98 Å². The maximum absolute atomic E-state index is 11.7. The lowest BCUT2D eigenvalue weighted by molar-refractivity contribution is 0.0519. The Morgan fingerprint density at radius 3 is 2.86 bits per heavy atom. The van der Waals surface area contributed by atoms with E-state index in [1.54, 1.807) is 6.92 Å². The number of hydrogen-bond acceptors (Lipinski definition) is 6. The summed E-state index contributed by atoms with van der Waals surface area (Å²) in [5, 5.41) is 3.37. The van der Waals surface area contributed by atoms with Crippen LogP contribution >= 0.6 is 0 Å². The van der Waals surface area contributed by atoms with Crippen molar-refractivity contribution in [3.05, 3.63) is 12.0 Å². The summed E-state index contributed by atoms with van der Waals surface area (Å²) < 4.78 is 10.4. The summed E-state index contributed by atoms with van der Waals surface area (Å²) in [5.41, 5.74) is 0.239. The number of aromatic nitrogens is 1. The molecular weight excluding hydrogens is 270 g/mol. The molecule has 21 heavy (non-hydrogen) atoms. The summed E-state index contributed by atoms with van der Waals surface area (Å²) in [6.07, 6.45) is 3.70. The number of carbonyl (C=O) groups excluding carboxylic acids is 1. The monoisotopic (exact) mass is 295 g/mol. The number of piperidine rings is 1. The maximum Gasteiger partial charge on any atom is 0.360 e. The van der Waals surface area contributed by atoms with Crippen molar-refractivity contribution in [3.8, 4) is 0 Å². The van der Waals surface area contributed by atoms with Gasteiger partial charge in [0.2, 0.25) is 0 Å². The van der Waals surface area contributed by atoms with E-state index in [1.807, 2.05) is 0 Å². The van der Waals surface area contributed by atoms with Crippen LogP contribution in [-0.4, -0.2) is 43.2 Å². The summed E-state index contributed by atoms with van der Waals surface area (Å²) >= 11 is 0. The number of hydrogen-bond donors (Lipinski definition) is 1. The Hall–Kier alpha value is -1.56. The Labute approximate surface area is 125 Å². The Morgan fingerprint density at radius 1 is 1.52 bits per heavy atom. The average molecular weight is 295 g/mol. The normalized spacial score (nSPS) is 16.2. The zero-order valence-corrected chi connectivity index (χ0v) is 13.1. The number of nitrogens with zero attached hydrogens (tertiary/aromatic N) is 2. The van der Waals surface area contributed by atoms with Gasteiger partial charge in [-0.3, -0.25) is 0 Å². The summed E-state index contributed by atoms with van der Waals surface area (Å²) in [7, 11) is 0. The Morgan fingerprint density at radius 2 is 2.24 bits per heavy atom. The Balaban J connectivity index is 2.05. The van der Waals surface area contributed by atoms with Gasteiger partial charge >= 0.3 is 5.97 Å². The summed E-state index contributed by atoms with van der Waals surface area (Å²) in [6.45, 7) is 9.36. The molecule has 0 saturated carbocycles. The first-order valence-corrected chi connectivity index (χ1v) is 7.71. The van der Waals surface area contributed by atoms with Gasteiger partial charge in [0, 0.05) is 12.6 Å². The van der Waals surface area contributed by atoms with Crippen LogP contribution in [0.2, 0.25) is 0 Å². The van der Waals surface area contributed by atoms with Crippen LogP contribution in [0, 0.1) is 5.92 Å². The fourth-order valence-corrected chi connectivity index (χ4v) is 2.55. The number of rotatable bonds is 6. The van der Waals surface area contributed by atoms with Gasteiger partial charge in [0.15, 0.2) is 5.69 Å². The Kier molecular flexibility index (Phi) is 5.61. The molecule has 0 aromatic carbocycles. The zero-order valence-electron chi connectivity index (χ0n) is 13.1. The van der Waals surface area contributed by atoms with Crippen molar-refractivity contribution >= 4 is 12.0 Å². The van der Waals surface area contributed by atoms with E-state index in [1.165, 1.54) is 6.26 Å². The van der Waals surface area contributed by atoms with E-state index in [4.69, 9.17) is 9.15 Å². The quantitative estimate of drug-likeness (QED) is 0.810. The second-order valence-corrected chi connectivity index (χ2v) is 5.68. The van der Waals surface area contributed by atoms with Gasteiger partial charge in [0.05, 0.1) is 6.61 Å². The number of anilines is 1. The van der Waals surface area contributed by atoms with E-state index in [0.717, 1.165) is 32.5 Å². The molecule has 0 atom stereocenters. The first-order chi connectivity index (χ1) is 10.1. The average Bonchev–Trinajstić information content (AvgIpc) is 2.95. The number of oxazole rings is 1. The third kappa shape index (κ3) is 4.20. The van der Waals surface area contributed by atoms with Crippen molar-refractivity contribution in [2.24, 2.45) is 5.92 Å². The molecule has 1 aliphatic heterocycles. The molecule has 0 unspecified atom stereocenters. The van der Waals surface area contributed by atoms with Crippen molar-refractivity contribution in [2.45, 2.75) is 39.7 Å². The number of ether oxygens (including phenoxy) is 1. The molecule has 2 rings (SSSR count). The molecular formula is C15H25N3O3. The van der Waals surface area contributed by atoms with Gasteiger partial charge in [-0.25, -0.2) is 4.79 Å². The molecule has 118 valence electrons. The second kappa shape index (κ2) is 7.45. The van der Waals surface area contributed by atoms with Gasteiger partial charge in [0.25, 0.3) is 6.01 Å². The minimum absolute atomic E-state index is 0.239. The predicted octanol–water partition coefficient (Wildman–Crippen LogP) is 2.07. The maximum atomic E-state index is 11.7. The largest absolute Gasteiger partial charge is 0.461 e. The molecule has 0 bridgehead atoms. The van der Waals surface area contributed by atoms with E-state index < -0.39 is 5.97 Å². The van der Waals surface area contributed by atoms with Gasteiger partial charge in [-0.05, 0) is 52.6 Å². The predicted molar refractivity (Wildman–Crippen MR) is 80.5 cm³/mol. The molecule has 2 heterocycles. The third-order valence-corrected chi connectivity index (χ3v) is 3.76. The molecule has 1 fully saturated rings. The molecule has 1 saturated heterocycles. The standard InChI is InChI=1S/C15H25N3O3/c1-4-20-14(19)13-10-21-15(17-13)18(11(2)3)9-12-5-7-16-8-6-12/h10-12,16H,4-9H2,1-3H3. The number of esters is 1. The Bertz CT molecular complexity index is 453. The zero-order chi connectivity index (χ0) is 15.2. The smallest absolute Gasteiger partial charge is 0.360 e. The minimum atomic E-state index is -0.432. The van der Waals surface area contributed by atoms with Gasteiger partial charge in [0.1, 0.15) is 6.26 Å². The van der Waals surface area contributed by atoms with Crippen molar-refractivity contribution in [1.82, 2.24) is 10.3 Å². The molecule has 0 amide bonds. The van der Waals surface area contributed by atoms with Crippen LogP contribution in [0.4, 0.5) is 6.01 Å². The molecule has 1 N–H and O–H groups in total. The van der Waals surface area contributed by atoms with Gasteiger partial charge in [-0.15, -0.1) is 0 Å². The van der Waals surface area contributed by atoms with Crippen molar-refractivity contribution in [2.75, 3.05) is 31.1 Å². The SMILES string of the molecule is CCOC(=O)c1coc(N(CC2CCNCC2)C(C)C)n1. The lowest BCUT2D eigenvalue weighted by atomic mass is 9.97. The summed E-state index contributed by atoms with van der Waals surface area (Å²) in [4.78, 5) is 18.1. The van der Waals surface area contributed by atoms with E-state index in [-0.39, 0.29) is 11.7 Å². The van der Waals surface area contributed by atoms with Gasteiger partial charge in [-0.1, -0.05) is 0 Å². The topological polar surface area (TPSA) is 67.6 Å². The van der Waals surface area contributed by atoms with Crippen LogP contribution in [0.15, 0.2) is 10.7 Å². The third-order valence-electron chi connectivity index (χ3n) is 3.76. The van der Waals surface area contributed by atoms with Crippen LogP contribution in [0.25, 0.3) is 0 Å². The van der Waals surface area contributed by atoms with E-state index in [0.29, 0.717) is 18.5 Å². The van der Waals surface area contributed by atoms with Gasteiger partial charge < -0.3 is 19.4 Å². The molecule has 1 aromatic rings. The molecule has 1 aliphatic rings. The number of nitrogens with one attached hydrogen (secondary N) is 1. The molecule has 0 aliphatic carbocycles. The van der Waals surface area contributed by atoms with Crippen LogP contribution in [0.5, 0.6) is 0 Å². The van der Waals surface area contributed by atoms with E-state index in [9.17, 15) is 4.79 Å². The highest BCUT2D eigenvalue weighted by Crippen LogP contribution is 2.22. The second-order valence-electron chi connectivity index (χ2n) is 5.68. The van der Waals surface area contributed by atoms with E-state index in [2.05, 4.69) is 29.0 Å². The van der Waals surface area contributed by atoms with Crippen molar-refractivity contribution < 1.29 is 13.9 Å². The van der Waals surface area contributed by atoms with Crippen molar-refractivity contribution in [3.63, 3.8) is 0 Å². The lowest BCUT2D eigenvalue weighted by Crippen LogP contribution is -2.39. The lowest BCUT2D eigenvalue weighted by Gasteiger charge is -2.31. The van der Waals surface area contributed by atoms with Crippen LogP contribution in [-0.2, 0) is 4.74 Å². The summed E-state index contributed by atoms with van der Waals surface area (Å²) in [5.74, 6) is 0.199. The molecule has 6 nitrogen and oxygen atoms in total. The molecule has 0 radical (unpaired) electrons. The van der Waals surface area contributed by atoms with Crippen LogP contribution in [0.3, 0.4) is 0 Å². The molecule has 6 heteroatoms. The fraction of sp³-hybridized carbons (Fsp3) is 0.733. The number of carbonyl (C=O) groups is 1.